The number of benzene rings is 3. The van der Waals surface area contributed by atoms with E-state index < -0.39 is 17.8 Å². The third-order valence-corrected chi connectivity index (χ3v) is 6.49. The van der Waals surface area contributed by atoms with Gasteiger partial charge < -0.3 is 9.47 Å². The average Bonchev–Trinajstić information content (AvgIpc) is 2.88. The summed E-state index contributed by atoms with van der Waals surface area (Å²) in [6.45, 7) is 4.17. The molecule has 4 amide bonds. The Hall–Kier alpha value is -4.42. The Morgan fingerprint density at radius 1 is 1.03 bits per heavy atom. The summed E-state index contributed by atoms with van der Waals surface area (Å²) < 4.78 is 12.5. The first-order chi connectivity index (χ1) is 17.8. The van der Waals surface area contributed by atoms with Crippen LogP contribution in [0.5, 0.6) is 11.5 Å². The van der Waals surface area contributed by atoms with Crippen molar-refractivity contribution >= 4 is 45.5 Å². The molecule has 3 aromatic rings. The molecule has 3 aromatic carbocycles. The molecular weight excluding hydrogens is 538 g/mol. The molecule has 1 aliphatic heterocycles. The zero-order valence-corrected chi connectivity index (χ0v) is 21.7. The molecule has 1 aliphatic rings. The number of hydrogen-bond acceptors (Lipinski definition) is 6. The van der Waals surface area contributed by atoms with E-state index in [-0.39, 0.29) is 12.2 Å². The molecule has 37 heavy (non-hydrogen) atoms. The third kappa shape index (κ3) is 5.55. The number of amides is 4. The van der Waals surface area contributed by atoms with Gasteiger partial charge in [-0.05, 0) is 67.4 Å². The van der Waals surface area contributed by atoms with Crippen LogP contribution in [0.3, 0.4) is 0 Å². The Balaban J connectivity index is 1.63. The van der Waals surface area contributed by atoms with Crippen LogP contribution in [0.4, 0.5) is 10.5 Å². The molecule has 1 saturated heterocycles. The number of halogens is 1. The first-order valence-corrected chi connectivity index (χ1v) is 12.2. The highest BCUT2D eigenvalue weighted by atomic mass is 79.9. The number of rotatable bonds is 7. The second-order valence-electron chi connectivity index (χ2n) is 8.09. The van der Waals surface area contributed by atoms with Crippen LogP contribution in [-0.2, 0) is 16.2 Å². The summed E-state index contributed by atoms with van der Waals surface area (Å²) in [6.07, 6.45) is 1.40. The monoisotopic (exact) mass is 559 g/mol. The van der Waals surface area contributed by atoms with E-state index in [0.29, 0.717) is 34.9 Å². The lowest BCUT2D eigenvalue weighted by atomic mass is 10.1. The molecule has 0 aromatic heterocycles. The summed E-state index contributed by atoms with van der Waals surface area (Å²) in [5.74, 6) is -0.668. The maximum Gasteiger partial charge on any atom is 0.335 e. The summed E-state index contributed by atoms with van der Waals surface area (Å²) >= 11 is 3.40. The summed E-state index contributed by atoms with van der Waals surface area (Å²) in [7, 11) is 0. The van der Waals surface area contributed by atoms with Crippen molar-refractivity contribution in [1.29, 1.82) is 5.26 Å². The zero-order valence-electron chi connectivity index (χ0n) is 20.1. The number of anilines is 1. The standard InChI is InChI=1S/C28H22BrN3O5/c1-3-36-25-14-18(8-11-24(25)37-16-20-7-5-4-6-19(20)15-30)13-22-26(33)31-28(35)32(27(22)34)21-9-10-23(29)17(2)12-21/h4-14H,3,16H2,1-2H3,(H,31,33,35)/b22-13+. The van der Waals surface area contributed by atoms with Crippen molar-refractivity contribution in [2.75, 3.05) is 11.5 Å². The Morgan fingerprint density at radius 2 is 1.81 bits per heavy atom. The second-order valence-corrected chi connectivity index (χ2v) is 8.94. The fraction of sp³-hybridized carbons (Fsp3) is 0.143. The number of imide groups is 2. The number of barbiturate groups is 1. The molecule has 0 radical (unpaired) electrons. The van der Waals surface area contributed by atoms with Gasteiger partial charge in [0.05, 0.1) is 23.9 Å². The molecule has 0 spiro atoms. The number of aryl methyl sites for hydroxylation is 1. The molecule has 0 atom stereocenters. The summed E-state index contributed by atoms with van der Waals surface area (Å²) in [5.41, 5.74) is 2.74. The zero-order chi connectivity index (χ0) is 26.5. The van der Waals surface area contributed by atoms with Gasteiger partial charge in [-0.3, -0.25) is 14.9 Å². The van der Waals surface area contributed by atoms with E-state index in [2.05, 4.69) is 27.3 Å². The van der Waals surface area contributed by atoms with Crippen LogP contribution < -0.4 is 19.7 Å². The predicted octanol–water partition coefficient (Wildman–Crippen LogP) is 5.27. The minimum absolute atomic E-state index is 0.162. The average molecular weight is 560 g/mol. The van der Waals surface area contributed by atoms with Crippen LogP contribution in [0, 0.1) is 18.3 Å². The number of carbonyl (C=O) groups is 3. The molecule has 0 bridgehead atoms. The van der Waals surface area contributed by atoms with Crippen molar-refractivity contribution in [2.24, 2.45) is 0 Å². The highest BCUT2D eigenvalue weighted by Gasteiger charge is 2.37. The molecule has 1 N–H and O–H groups in total. The minimum Gasteiger partial charge on any atom is -0.490 e. The van der Waals surface area contributed by atoms with E-state index in [1.807, 2.05) is 26.0 Å². The second kappa shape index (κ2) is 11.1. The van der Waals surface area contributed by atoms with Gasteiger partial charge >= 0.3 is 6.03 Å². The third-order valence-electron chi connectivity index (χ3n) is 5.60. The topological polar surface area (TPSA) is 109 Å². The molecule has 186 valence electrons. The quantitative estimate of drug-likeness (QED) is 0.312. The highest BCUT2D eigenvalue weighted by molar-refractivity contribution is 9.10. The van der Waals surface area contributed by atoms with Crippen molar-refractivity contribution in [2.45, 2.75) is 20.5 Å². The first-order valence-electron chi connectivity index (χ1n) is 11.4. The van der Waals surface area contributed by atoms with Gasteiger partial charge in [0.15, 0.2) is 11.5 Å². The van der Waals surface area contributed by atoms with Gasteiger partial charge in [-0.1, -0.05) is 40.2 Å². The molecule has 0 unspecified atom stereocenters. The van der Waals surface area contributed by atoms with Crippen LogP contribution in [0.1, 0.15) is 29.2 Å². The number of urea groups is 1. The molecule has 1 fully saturated rings. The van der Waals surface area contributed by atoms with E-state index in [1.165, 1.54) is 6.08 Å². The predicted molar refractivity (Wildman–Crippen MR) is 141 cm³/mol. The van der Waals surface area contributed by atoms with Gasteiger partial charge in [0.2, 0.25) is 0 Å². The van der Waals surface area contributed by atoms with Gasteiger partial charge in [-0.15, -0.1) is 0 Å². The van der Waals surface area contributed by atoms with Crippen molar-refractivity contribution in [3.8, 4) is 17.6 Å². The molecular formula is C28H22BrN3O5. The Morgan fingerprint density at radius 3 is 2.54 bits per heavy atom. The smallest absolute Gasteiger partial charge is 0.335 e. The summed E-state index contributed by atoms with van der Waals surface area (Å²) in [4.78, 5) is 39.2. The van der Waals surface area contributed by atoms with E-state index in [9.17, 15) is 19.6 Å². The lowest BCUT2D eigenvalue weighted by Gasteiger charge is -2.26. The van der Waals surface area contributed by atoms with Crippen LogP contribution in [-0.4, -0.2) is 24.5 Å². The Labute approximate surface area is 222 Å². The number of nitriles is 1. The normalized spacial score (nSPS) is 14.4. The van der Waals surface area contributed by atoms with E-state index >= 15 is 0 Å². The first kappa shape index (κ1) is 25.7. The molecule has 9 heteroatoms. The molecule has 0 aliphatic carbocycles. The van der Waals surface area contributed by atoms with Crippen molar-refractivity contribution in [1.82, 2.24) is 5.32 Å². The van der Waals surface area contributed by atoms with Crippen LogP contribution >= 0.6 is 15.9 Å². The van der Waals surface area contributed by atoms with Crippen LogP contribution in [0.15, 0.2) is 70.7 Å². The SMILES string of the molecule is CCOc1cc(/C=C2\C(=O)NC(=O)N(c3ccc(Br)c(C)c3)C2=O)ccc1OCc1ccccc1C#N. The van der Waals surface area contributed by atoms with Gasteiger partial charge in [0.25, 0.3) is 11.8 Å². The summed E-state index contributed by atoms with van der Waals surface area (Å²) in [6, 6.07) is 18.5. The van der Waals surface area contributed by atoms with Gasteiger partial charge in [-0.2, -0.15) is 5.26 Å². The number of hydrogen-bond donors (Lipinski definition) is 1. The maximum atomic E-state index is 13.2. The van der Waals surface area contributed by atoms with Crippen LogP contribution in [0.25, 0.3) is 6.08 Å². The largest absolute Gasteiger partial charge is 0.490 e. The number of nitrogens with one attached hydrogen (secondary N) is 1. The Bertz CT molecular complexity index is 1470. The van der Waals surface area contributed by atoms with Gasteiger partial charge in [0, 0.05) is 10.0 Å². The molecule has 0 saturated carbocycles. The molecule has 1 heterocycles. The Kier molecular flexibility index (Phi) is 7.70. The number of carbonyl (C=O) groups excluding carboxylic acids is 3. The number of nitrogens with zero attached hydrogens (tertiary/aromatic N) is 2. The van der Waals surface area contributed by atoms with Crippen molar-refractivity contribution in [3.63, 3.8) is 0 Å². The van der Waals surface area contributed by atoms with Crippen LogP contribution in [0.2, 0.25) is 0 Å². The number of ether oxygens (including phenoxy) is 2. The lowest BCUT2D eigenvalue weighted by Crippen LogP contribution is -2.54. The lowest BCUT2D eigenvalue weighted by molar-refractivity contribution is -0.122. The van der Waals surface area contributed by atoms with Gasteiger partial charge in [0.1, 0.15) is 12.2 Å². The van der Waals surface area contributed by atoms with Gasteiger partial charge in [-0.25, -0.2) is 9.69 Å². The fourth-order valence-electron chi connectivity index (χ4n) is 3.74. The van der Waals surface area contributed by atoms with E-state index in [4.69, 9.17) is 9.47 Å². The van der Waals surface area contributed by atoms with Crippen molar-refractivity contribution < 1.29 is 23.9 Å². The maximum absolute atomic E-state index is 13.2. The summed E-state index contributed by atoms with van der Waals surface area (Å²) in [5, 5.41) is 11.5. The molecule has 8 nitrogen and oxygen atoms in total. The van der Waals surface area contributed by atoms with E-state index in [0.717, 1.165) is 20.5 Å². The van der Waals surface area contributed by atoms with Crippen molar-refractivity contribution in [3.05, 3.63) is 93.0 Å². The minimum atomic E-state index is -0.815. The van der Waals surface area contributed by atoms with E-state index in [1.54, 1.807) is 48.5 Å². The highest BCUT2D eigenvalue weighted by Crippen LogP contribution is 2.31. The molecule has 4 rings (SSSR count). The fourth-order valence-corrected chi connectivity index (χ4v) is 3.99.